The molecule has 0 aromatic rings. The highest BCUT2D eigenvalue weighted by Gasteiger charge is 2.41. The highest BCUT2D eigenvalue weighted by atomic mass is 16.2. The van der Waals surface area contributed by atoms with Gasteiger partial charge in [-0.25, -0.2) is 0 Å². The van der Waals surface area contributed by atoms with E-state index in [-0.39, 0.29) is 29.3 Å². The Kier molecular flexibility index (Phi) is 5.87. The maximum Gasteiger partial charge on any atom is 0.170 e. The van der Waals surface area contributed by atoms with E-state index in [9.17, 15) is 14.9 Å². The molecule has 1 aliphatic heterocycles. The maximum absolute atomic E-state index is 12.5. The molecule has 0 bridgehead atoms. The summed E-state index contributed by atoms with van der Waals surface area (Å²) in [5.41, 5.74) is 2.64. The molecule has 3 rings (SSSR count). The van der Waals surface area contributed by atoms with Crippen molar-refractivity contribution >= 4 is 11.6 Å². The maximum atomic E-state index is 12.5. The van der Waals surface area contributed by atoms with Crippen molar-refractivity contribution in [1.29, 1.82) is 5.26 Å². The predicted molar refractivity (Wildman–Crippen MR) is 98.6 cm³/mol. The molecule has 1 heterocycles. The van der Waals surface area contributed by atoms with E-state index in [1.807, 2.05) is 13.8 Å². The molecule has 4 nitrogen and oxygen atoms in total. The van der Waals surface area contributed by atoms with Crippen LogP contribution in [-0.4, -0.2) is 29.6 Å². The van der Waals surface area contributed by atoms with Crippen LogP contribution >= 0.6 is 0 Å². The zero-order chi connectivity index (χ0) is 18.8. The minimum atomic E-state index is -0.245. The summed E-state index contributed by atoms with van der Waals surface area (Å²) < 4.78 is 0. The number of rotatable bonds is 1. The van der Waals surface area contributed by atoms with Crippen LogP contribution < -0.4 is 0 Å². The second kappa shape index (κ2) is 7.56. The number of hydrogen-bond donors (Lipinski definition) is 0. The molecule has 1 saturated heterocycles. The lowest BCUT2D eigenvalue weighted by Crippen LogP contribution is -2.30. The molecule has 0 amide bonds. The minimum Gasteiger partial charge on any atom is -0.374 e. The number of likely N-dealkylation sites (tertiary alicyclic amines) is 1. The molecule has 3 aliphatic rings. The third-order valence-corrected chi connectivity index (χ3v) is 5.26. The molecule has 1 saturated carbocycles. The van der Waals surface area contributed by atoms with Crippen molar-refractivity contribution in [2.24, 2.45) is 11.3 Å². The first-order valence-corrected chi connectivity index (χ1v) is 9.53. The van der Waals surface area contributed by atoms with Gasteiger partial charge in [-0.3, -0.25) is 9.59 Å². The largest absolute Gasteiger partial charge is 0.374 e. The van der Waals surface area contributed by atoms with Gasteiger partial charge in [-0.2, -0.15) is 5.26 Å². The number of Topliss-reactive ketones (excluding diaryl/α,β-unsaturated/α-hetero) is 2. The van der Waals surface area contributed by atoms with Crippen LogP contribution in [0.5, 0.6) is 0 Å². The van der Waals surface area contributed by atoms with Gasteiger partial charge in [0.05, 0.1) is 11.1 Å². The lowest BCUT2D eigenvalue weighted by molar-refractivity contribution is -0.117. The Morgan fingerprint density at radius 3 is 2.20 bits per heavy atom. The van der Waals surface area contributed by atoms with Crippen LogP contribution in [0, 0.1) is 22.7 Å². The van der Waals surface area contributed by atoms with Gasteiger partial charge in [-0.1, -0.05) is 34.6 Å². The first-order chi connectivity index (χ1) is 11.8. The SMILES string of the molecule is CC.CC1CC(=O)/C(=C2\CC(C)(C)CC(N3CCCC3)=C2C#N)C1=O. The standard InChI is InChI=1S/C19H24N2O2.C2H6/c1-12-8-16(22)17(18(12)23)13-9-19(2,3)10-15(14(13)11-20)21-6-4-5-7-21;1-2/h12H,4-10H2,1-3H3;1-2H3/b17-13-;. The first kappa shape index (κ1) is 19.4. The molecule has 136 valence electrons. The van der Waals surface area contributed by atoms with Gasteiger partial charge in [0.1, 0.15) is 6.07 Å². The quantitative estimate of drug-likeness (QED) is 0.530. The van der Waals surface area contributed by atoms with Crippen molar-refractivity contribution in [2.75, 3.05) is 13.1 Å². The summed E-state index contributed by atoms with van der Waals surface area (Å²) in [6, 6.07) is 2.33. The van der Waals surface area contributed by atoms with Gasteiger partial charge < -0.3 is 4.90 Å². The highest BCUT2D eigenvalue weighted by Crippen LogP contribution is 2.46. The van der Waals surface area contributed by atoms with E-state index >= 15 is 0 Å². The average Bonchev–Trinajstić information content (AvgIpc) is 3.17. The number of hydrogen-bond acceptors (Lipinski definition) is 4. The Balaban J connectivity index is 0.00000109. The van der Waals surface area contributed by atoms with E-state index in [2.05, 4.69) is 24.8 Å². The molecule has 0 spiro atoms. The minimum absolute atomic E-state index is 0.0347. The summed E-state index contributed by atoms with van der Waals surface area (Å²) in [5, 5.41) is 9.77. The van der Waals surface area contributed by atoms with E-state index in [0.717, 1.165) is 38.0 Å². The van der Waals surface area contributed by atoms with Crippen LogP contribution in [0.2, 0.25) is 0 Å². The fraction of sp³-hybridized carbons (Fsp3) is 0.667. The number of nitrogens with zero attached hydrogens (tertiary/aromatic N) is 2. The number of carbonyl (C=O) groups excluding carboxylic acids is 2. The normalized spacial score (nSPS) is 28.8. The van der Waals surface area contributed by atoms with Gasteiger partial charge in [0, 0.05) is 31.1 Å². The summed E-state index contributed by atoms with van der Waals surface area (Å²) in [5.74, 6) is -0.398. The molecular formula is C21H30N2O2. The van der Waals surface area contributed by atoms with Crippen molar-refractivity contribution in [1.82, 2.24) is 4.90 Å². The van der Waals surface area contributed by atoms with E-state index in [1.165, 1.54) is 0 Å². The third kappa shape index (κ3) is 3.71. The lowest BCUT2D eigenvalue weighted by atomic mass is 9.72. The zero-order valence-electron chi connectivity index (χ0n) is 16.2. The van der Waals surface area contributed by atoms with Gasteiger partial charge in [0.2, 0.25) is 0 Å². The van der Waals surface area contributed by atoms with E-state index in [0.29, 0.717) is 23.1 Å². The summed E-state index contributed by atoms with van der Waals surface area (Å²) in [6.45, 7) is 12.1. The Labute approximate surface area is 151 Å². The second-order valence-electron chi connectivity index (χ2n) is 7.89. The van der Waals surface area contributed by atoms with E-state index in [1.54, 1.807) is 6.92 Å². The third-order valence-electron chi connectivity index (χ3n) is 5.26. The Morgan fingerprint density at radius 2 is 1.72 bits per heavy atom. The zero-order valence-corrected chi connectivity index (χ0v) is 16.2. The summed E-state index contributed by atoms with van der Waals surface area (Å²) in [7, 11) is 0. The van der Waals surface area contributed by atoms with Gasteiger partial charge in [0.15, 0.2) is 11.6 Å². The molecule has 1 atom stereocenters. The molecule has 0 N–H and O–H groups in total. The summed E-state index contributed by atoms with van der Waals surface area (Å²) in [4.78, 5) is 27.1. The van der Waals surface area contributed by atoms with Gasteiger partial charge in [0.25, 0.3) is 0 Å². The molecule has 2 fully saturated rings. The Morgan fingerprint density at radius 1 is 1.12 bits per heavy atom. The molecule has 0 radical (unpaired) electrons. The van der Waals surface area contributed by atoms with Crippen molar-refractivity contribution in [3.05, 3.63) is 22.4 Å². The molecule has 0 aromatic heterocycles. The van der Waals surface area contributed by atoms with Gasteiger partial charge in [-0.15, -0.1) is 0 Å². The van der Waals surface area contributed by atoms with Gasteiger partial charge >= 0.3 is 0 Å². The Hall–Kier alpha value is -1.89. The highest BCUT2D eigenvalue weighted by molar-refractivity contribution is 6.27. The molecule has 25 heavy (non-hydrogen) atoms. The molecular weight excluding hydrogens is 312 g/mol. The fourth-order valence-electron chi connectivity index (χ4n) is 4.12. The van der Waals surface area contributed by atoms with Crippen LogP contribution in [0.3, 0.4) is 0 Å². The Bertz CT molecular complexity index is 670. The van der Waals surface area contributed by atoms with Crippen molar-refractivity contribution in [2.45, 2.75) is 66.7 Å². The average molecular weight is 342 g/mol. The van der Waals surface area contributed by atoms with Crippen LogP contribution in [0.25, 0.3) is 0 Å². The summed E-state index contributed by atoms with van der Waals surface area (Å²) in [6.07, 6.45) is 4.04. The van der Waals surface area contributed by atoms with Crippen molar-refractivity contribution < 1.29 is 9.59 Å². The van der Waals surface area contributed by atoms with Crippen LogP contribution in [0.1, 0.15) is 66.7 Å². The molecule has 2 aliphatic carbocycles. The van der Waals surface area contributed by atoms with Crippen LogP contribution in [0.15, 0.2) is 22.4 Å². The second-order valence-corrected chi connectivity index (χ2v) is 7.89. The number of nitriles is 1. The predicted octanol–water partition coefficient (Wildman–Crippen LogP) is 4.18. The molecule has 0 aromatic carbocycles. The number of allylic oxidation sites excluding steroid dienone is 4. The molecule has 1 unspecified atom stereocenters. The monoisotopic (exact) mass is 342 g/mol. The number of carbonyl (C=O) groups is 2. The smallest absolute Gasteiger partial charge is 0.170 e. The van der Waals surface area contributed by atoms with E-state index < -0.39 is 0 Å². The van der Waals surface area contributed by atoms with E-state index in [4.69, 9.17) is 0 Å². The molecule has 4 heteroatoms. The first-order valence-electron chi connectivity index (χ1n) is 9.53. The fourth-order valence-corrected chi connectivity index (χ4v) is 4.12. The topological polar surface area (TPSA) is 61.2 Å². The lowest BCUT2D eigenvalue weighted by Gasteiger charge is -2.37. The number of ketones is 2. The van der Waals surface area contributed by atoms with Crippen LogP contribution in [-0.2, 0) is 9.59 Å². The van der Waals surface area contributed by atoms with Crippen molar-refractivity contribution in [3.8, 4) is 6.07 Å². The van der Waals surface area contributed by atoms with Gasteiger partial charge in [-0.05, 0) is 36.7 Å². The van der Waals surface area contributed by atoms with Crippen LogP contribution in [0.4, 0.5) is 0 Å². The summed E-state index contributed by atoms with van der Waals surface area (Å²) >= 11 is 0. The van der Waals surface area contributed by atoms with Crippen molar-refractivity contribution in [3.63, 3.8) is 0 Å².